The van der Waals surface area contributed by atoms with E-state index in [9.17, 15) is 9.59 Å². The number of hydrogen-bond acceptors (Lipinski definition) is 4. The van der Waals surface area contributed by atoms with Crippen LogP contribution in [0, 0.1) is 17.2 Å². The zero-order valence-electron chi connectivity index (χ0n) is 16.0. The molecule has 2 aromatic carbocycles. The van der Waals surface area contributed by atoms with Crippen molar-refractivity contribution in [2.75, 3.05) is 18.4 Å². The van der Waals surface area contributed by atoms with Crippen molar-refractivity contribution in [1.82, 2.24) is 4.90 Å². The van der Waals surface area contributed by atoms with E-state index in [4.69, 9.17) is 22.6 Å². The molecule has 0 radical (unpaired) electrons. The summed E-state index contributed by atoms with van der Waals surface area (Å²) in [4.78, 5) is 26.9. The van der Waals surface area contributed by atoms with Crippen molar-refractivity contribution in [3.8, 4) is 6.07 Å². The highest BCUT2D eigenvalue weighted by Gasteiger charge is 2.33. The third kappa shape index (κ3) is 5.57. The van der Waals surface area contributed by atoms with Crippen molar-refractivity contribution in [1.29, 1.82) is 5.26 Å². The predicted octanol–water partition coefficient (Wildman–Crippen LogP) is 3.55. The topological polar surface area (TPSA) is 99.2 Å². The van der Waals surface area contributed by atoms with Crippen LogP contribution in [0.25, 0.3) is 0 Å². The number of benzene rings is 2. The van der Waals surface area contributed by atoms with Gasteiger partial charge in [-0.05, 0) is 73.8 Å². The fourth-order valence-corrected chi connectivity index (χ4v) is 3.19. The number of halogens is 1. The Kier molecular flexibility index (Phi) is 6.86. The molecular weight excluding hydrogens is 388 g/mol. The minimum absolute atomic E-state index is 0.116. The van der Waals surface area contributed by atoms with Gasteiger partial charge >= 0.3 is 0 Å². The SMILES string of the molecule is N#Cc1ccc(C(=O)Nc2ccc(Cl)c(CN(CCCN)C(=O)C3CC3)c2)cc1. The molecule has 2 amide bonds. The Balaban J connectivity index is 1.73. The van der Waals surface area contributed by atoms with E-state index in [-0.39, 0.29) is 17.7 Å². The fourth-order valence-electron chi connectivity index (χ4n) is 3.02. The number of carbonyl (C=O) groups is 2. The molecule has 1 aliphatic carbocycles. The molecule has 1 fully saturated rings. The molecule has 150 valence electrons. The summed E-state index contributed by atoms with van der Waals surface area (Å²) in [5.41, 5.74) is 7.93. The average molecular weight is 411 g/mol. The van der Waals surface area contributed by atoms with Crippen molar-refractivity contribution >= 4 is 29.1 Å². The molecule has 2 aromatic rings. The van der Waals surface area contributed by atoms with E-state index >= 15 is 0 Å². The van der Waals surface area contributed by atoms with Gasteiger partial charge in [0, 0.05) is 35.3 Å². The van der Waals surface area contributed by atoms with Crippen LogP contribution in [0.5, 0.6) is 0 Å². The number of rotatable bonds is 8. The Morgan fingerprint density at radius 3 is 2.55 bits per heavy atom. The van der Waals surface area contributed by atoms with Gasteiger partial charge in [-0.1, -0.05) is 11.6 Å². The van der Waals surface area contributed by atoms with Gasteiger partial charge in [0.2, 0.25) is 5.91 Å². The summed E-state index contributed by atoms with van der Waals surface area (Å²) in [7, 11) is 0. The quantitative estimate of drug-likeness (QED) is 0.695. The van der Waals surface area contributed by atoms with Gasteiger partial charge in [-0.15, -0.1) is 0 Å². The molecule has 29 heavy (non-hydrogen) atoms. The van der Waals surface area contributed by atoms with Crippen molar-refractivity contribution in [2.24, 2.45) is 11.7 Å². The van der Waals surface area contributed by atoms with E-state index in [0.29, 0.717) is 41.5 Å². The first-order chi connectivity index (χ1) is 14.0. The lowest BCUT2D eigenvalue weighted by Gasteiger charge is -2.23. The summed E-state index contributed by atoms with van der Waals surface area (Å²) in [6.07, 6.45) is 2.60. The number of carbonyl (C=O) groups excluding carboxylic acids is 2. The van der Waals surface area contributed by atoms with E-state index in [1.807, 2.05) is 6.07 Å². The van der Waals surface area contributed by atoms with E-state index in [1.165, 1.54) is 0 Å². The number of hydrogen-bond donors (Lipinski definition) is 2. The number of nitrogens with zero attached hydrogens (tertiary/aromatic N) is 2. The molecule has 0 spiro atoms. The Labute approximate surface area is 175 Å². The third-order valence-corrected chi connectivity index (χ3v) is 5.18. The van der Waals surface area contributed by atoms with Crippen LogP contribution in [0.15, 0.2) is 42.5 Å². The number of nitrogens with two attached hydrogens (primary N) is 1. The standard InChI is InChI=1S/C22H23ClN4O2/c23-20-9-8-19(26-21(28)16-4-2-15(13-25)3-5-16)12-18(20)14-27(11-1-10-24)22(29)17-6-7-17/h2-5,8-9,12,17H,1,6-7,10-11,14,24H2,(H,26,28). The summed E-state index contributed by atoms with van der Waals surface area (Å²) in [6, 6.07) is 13.7. The first-order valence-corrected chi connectivity index (χ1v) is 9.98. The van der Waals surface area contributed by atoms with Crippen molar-refractivity contribution in [2.45, 2.75) is 25.8 Å². The van der Waals surface area contributed by atoms with Crippen LogP contribution in [-0.4, -0.2) is 29.8 Å². The number of nitriles is 1. The number of nitrogens with one attached hydrogen (secondary N) is 1. The molecule has 0 saturated heterocycles. The molecule has 1 saturated carbocycles. The minimum Gasteiger partial charge on any atom is -0.338 e. The lowest BCUT2D eigenvalue weighted by atomic mass is 10.1. The summed E-state index contributed by atoms with van der Waals surface area (Å²) in [6.45, 7) is 1.49. The van der Waals surface area contributed by atoms with Gasteiger partial charge in [0.15, 0.2) is 0 Å². The maximum atomic E-state index is 12.6. The molecule has 0 aromatic heterocycles. The lowest BCUT2D eigenvalue weighted by Crippen LogP contribution is -2.33. The number of anilines is 1. The smallest absolute Gasteiger partial charge is 0.255 e. The highest BCUT2D eigenvalue weighted by molar-refractivity contribution is 6.31. The van der Waals surface area contributed by atoms with Gasteiger partial charge in [-0.2, -0.15) is 5.26 Å². The van der Waals surface area contributed by atoms with E-state index in [2.05, 4.69) is 5.32 Å². The first kappa shape index (κ1) is 20.8. The molecule has 1 aliphatic rings. The van der Waals surface area contributed by atoms with Gasteiger partial charge in [-0.3, -0.25) is 9.59 Å². The summed E-state index contributed by atoms with van der Waals surface area (Å²) < 4.78 is 0. The van der Waals surface area contributed by atoms with Gasteiger partial charge in [0.05, 0.1) is 11.6 Å². The number of amides is 2. The maximum absolute atomic E-state index is 12.6. The van der Waals surface area contributed by atoms with Crippen LogP contribution in [0.2, 0.25) is 5.02 Å². The van der Waals surface area contributed by atoms with Crippen molar-refractivity contribution < 1.29 is 9.59 Å². The van der Waals surface area contributed by atoms with Crippen LogP contribution in [0.3, 0.4) is 0 Å². The van der Waals surface area contributed by atoms with Crippen LogP contribution in [0.4, 0.5) is 5.69 Å². The van der Waals surface area contributed by atoms with E-state index in [1.54, 1.807) is 47.4 Å². The zero-order chi connectivity index (χ0) is 20.8. The van der Waals surface area contributed by atoms with Crippen LogP contribution in [0.1, 0.15) is 40.7 Å². The normalized spacial score (nSPS) is 12.9. The Hall–Kier alpha value is -2.88. The molecule has 0 unspecified atom stereocenters. The summed E-state index contributed by atoms with van der Waals surface area (Å²) in [5.74, 6) is -0.0239. The predicted molar refractivity (Wildman–Crippen MR) is 112 cm³/mol. The molecule has 3 rings (SSSR count). The second-order valence-corrected chi connectivity index (χ2v) is 7.53. The van der Waals surface area contributed by atoms with Gasteiger partial charge < -0.3 is 16.0 Å². The van der Waals surface area contributed by atoms with Gasteiger partial charge in [0.25, 0.3) is 5.91 Å². The van der Waals surface area contributed by atoms with E-state index in [0.717, 1.165) is 24.8 Å². The molecular formula is C22H23ClN4O2. The Morgan fingerprint density at radius 1 is 1.21 bits per heavy atom. The van der Waals surface area contributed by atoms with Crippen LogP contribution < -0.4 is 11.1 Å². The molecule has 3 N–H and O–H groups in total. The van der Waals surface area contributed by atoms with Gasteiger partial charge in [0.1, 0.15) is 0 Å². The van der Waals surface area contributed by atoms with Crippen molar-refractivity contribution in [3.63, 3.8) is 0 Å². The molecule has 0 heterocycles. The first-order valence-electron chi connectivity index (χ1n) is 9.60. The van der Waals surface area contributed by atoms with Crippen LogP contribution in [-0.2, 0) is 11.3 Å². The molecule has 0 bridgehead atoms. The highest BCUT2D eigenvalue weighted by Crippen LogP contribution is 2.32. The monoisotopic (exact) mass is 410 g/mol. The van der Waals surface area contributed by atoms with Gasteiger partial charge in [-0.25, -0.2) is 0 Å². The lowest BCUT2D eigenvalue weighted by molar-refractivity contribution is -0.133. The largest absolute Gasteiger partial charge is 0.338 e. The maximum Gasteiger partial charge on any atom is 0.255 e. The second-order valence-electron chi connectivity index (χ2n) is 7.13. The minimum atomic E-state index is -0.281. The van der Waals surface area contributed by atoms with Crippen molar-refractivity contribution in [3.05, 3.63) is 64.2 Å². The highest BCUT2D eigenvalue weighted by atomic mass is 35.5. The molecule has 7 heteroatoms. The third-order valence-electron chi connectivity index (χ3n) is 4.81. The zero-order valence-corrected chi connectivity index (χ0v) is 16.8. The average Bonchev–Trinajstić information content (AvgIpc) is 3.58. The Morgan fingerprint density at radius 2 is 1.93 bits per heavy atom. The fraction of sp³-hybridized carbons (Fsp3) is 0.318. The van der Waals surface area contributed by atoms with Crippen LogP contribution >= 0.6 is 11.6 Å². The molecule has 0 atom stereocenters. The molecule has 6 nitrogen and oxygen atoms in total. The van der Waals surface area contributed by atoms with E-state index < -0.39 is 0 Å². The second kappa shape index (κ2) is 9.55. The summed E-state index contributed by atoms with van der Waals surface area (Å²) in [5, 5.41) is 12.2. The Bertz CT molecular complexity index is 933. The summed E-state index contributed by atoms with van der Waals surface area (Å²) >= 11 is 6.36. The molecule has 0 aliphatic heterocycles.